The lowest BCUT2D eigenvalue weighted by atomic mass is 10.2. The van der Waals surface area contributed by atoms with Crippen LogP contribution >= 0.6 is 11.6 Å². The number of hydrogen-bond donors (Lipinski definition) is 0. The van der Waals surface area contributed by atoms with Crippen LogP contribution in [0, 0.1) is 0 Å². The molecular weight excluding hydrogens is 218 g/mol. The molecule has 0 N–H and O–H groups in total. The van der Waals surface area contributed by atoms with E-state index in [-0.39, 0.29) is 0 Å². The van der Waals surface area contributed by atoms with Crippen LogP contribution in [0.25, 0.3) is 21.8 Å². The van der Waals surface area contributed by atoms with Crippen LogP contribution in [-0.4, -0.2) is 4.57 Å². The van der Waals surface area contributed by atoms with E-state index in [0.29, 0.717) is 0 Å². The van der Waals surface area contributed by atoms with Crippen molar-refractivity contribution in [2.75, 3.05) is 0 Å². The van der Waals surface area contributed by atoms with Crippen molar-refractivity contribution in [3.05, 3.63) is 47.5 Å². The van der Waals surface area contributed by atoms with Gasteiger partial charge in [0.25, 0.3) is 0 Å². The topological polar surface area (TPSA) is 4.93 Å². The SMILES string of the molecule is CCn1c2ccccc2c2cccc(Cl)c21. The summed E-state index contributed by atoms with van der Waals surface area (Å²) in [4.78, 5) is 0. The lowest BCUT2D eigenvalue weighted by molar-refractivity contribution is 0.827. The highest BCUT2D eigenvalue weighted by molar-refractivity contribution is 6.36. The van der Waals surface area contributed by atoms with E-state index in [0.717, 1.165) is 17.1 Å². The van der Waals surface area contributed by atoms with Gasteiger partial charge in [0.05, 0.1) is 10.5 Å². The van der Waals surface area contributed by atoms with Crippen molar-refractivity contribution in [1.82, 2.24) is 4.57 Å². The zero-order valence-electron chi connectivity index (χ0n) is 9.07. The van der Waals surface area contributed by atoms with Gasteiger partial charge in [-0.3, -0.25) is 0 Å². The molecule has 3 rings (SSSR count). The van der Waals surface area contributed by atoms with Crippen molar-refractivity contribution in [2.45, 2.75) is 13.5 Å². The summed E-state index contributed by atoms with van der Waals surface area (Å²) in [5.74, 6) is 0. The van der Waals surface area contributed by atoms with E-state index >= 15 is 0 Å². The number of hydrogen-bond acceptors (Lipinski definition) is 0. The maximum Gasteiger partial charge on any atom is 0.0680 e. The predicted octanol–water partition coefficient (Wildman–Crippen LogP) is 4.47. The minimum Gasteiger partial charge on any atom is -0.340 e. The number of para-hydroxylation sites is 2. The number of aryl methyl sites for hydroxylation is 1. The van der Waals surface area contributed by atoms with E-state index in [2.05, 4.69) is 41.8 Å². The van der Waals surface area contributed by atoms with E-state index in [9.17, 15) is 0 Å². The van der Waals surface area contributed by atoms with Gasteiger partial charge < -0.3 is 4.57 Å². The Morgan fingerprint density at radius 1 is 1.00 bits per heavy atom. The first-order chi connectivity index (χ1) is 7.83. The number of fused-ring (bicyclic) bond motifs is 3. The number of benzene rings is 2. The Bertz CT molecular complexity index is 667. The molecule has 0 aliphatic heterocycles. The molecule has 0 aliphatic carbocycles. The largest absolute Gasteiger partial charge is 0.340 e. The summed E-state index contributed by atoms with van der Waals surface area (Å²) in [5.41, 5.74) is 2.40. The molecular formula is C14H12ClN. The van der Waals surface area contributed by atoms with Crippen molar-refractivity contribution in [2.24, 2.45) is 0 Å². The van der Waals surface area contributed by atoms with Crippen LogP contribution in [0.1, 0.15) is 6.92 Å². The van der Waals surface area contributed by atoms with Crippen LogP contribution in [0.2, 0.25) is 5.02 Å². The Balaban J connectivity index is 2.64. The third-order valence-corrected chi connectivity index (χ3v) is 3.36. The number of rotatable bonds is 1. The summed E-state index contributed by atoms with van der Waals surface area (Å²) in [5, 5.41) is 3.35. The number of aromatic nitrogens is 1. The Kier molecular flexibility index (Phi) is 2.15. The zero-order valence-corrected chi connectivity index (χ0v) is 9.83. The monoisotopic (exact) mass is 229 g/mol. The fraction of sp³-hybridized carbons (Fsp3) is 0.143. The van der Waals surface area contributed by atoms with Gasteiger partial charge in [-0.1, -0.05) is 41.9 Å². The summed E-state index contributed by atoms with van der Waals surface area (Å²) in [7, 11) is 0. The second kappa shape index (κ2) is 3.53. The van der Waals surface area contributed by atoms with Crippen molar-refractivity contribution in [3.8, 4) is 0 Å². The Morgan fingerprint density at radius 3 is 2.56 bits per heavy atom. The van der Waals surface area contributed by atoms with E-state index < -0.39 is 0 Å². The predicted molar refractivity (Wildman–Crippen MR) is 70.1 cm³/mol. The van der Waals surface area contributed by atoms with Crippen LogP contribution in [0.3, 0.4) is 0 Å². The van der Waals surface area contributed by atoms with Gasteiger partial charge in [-0.25, -0.2) is 0 Å². The second-order valence-electron chi connectivity index (χ2n) is 3.90. The van der Waals surface area contributed by atoms with Crippen molar-refractivity contribution in [1.29, 1.82) is 0 Å². The van der Waals surface area contributed by atoms with Gasteiger partial charge in [0, 0.05) is 22.8 Å². The second-order valence-corrected chi connectivity index (χ2v) is 4.30. The van der Waals surface area contributed by atoms with Gasteiger partial charge in [-0.2, -0.15) is 0 Å². The average Bonchev–Trinajstić information content (AvgIpc) is 2.65. The maximum absolute atomic E-state index is 6.29. The Hall–Kier alpha value is -1.47. The average molecular weight is 230 g/mol. The zero-order chi connectivity index (χ0) is 11.1. The first-order valence-corrected chi connectivity index (χ1v) is 5.86. The first-order valence-electron chi connectivity index (χ1n) is 5.48. The minimum absolute atomic E-state index is 0.829. The molecule has 0 saturated carbocycles. The maximum atomic E-state index is 6.29. The highest BCUT2D eigenvalue weighted by Gasteiger charge is 2.10. The Labute approximate surface area is 99.2 Å². The molecule has 2 heteroatoms. The molecule has 1 aromatic heterocycles. The molecule has 0 aliphatic rings. The lowest BCUT2D eigenvalue weighted by Crippen LogP contribution is -1.93. The van der Waals surface area contributed by atoms with Gasteiger partial charge in [0.2, 0.25) is 0 Å². The number of halogens is 1. The van der Waals surface area contributed by atoms with Crippen LogP contribution in [0.5, 0.6) is 0 Å². The molecule has 0 unspecified atom stereocenters. The molecule has 0 radical (unpaired) electrons. The molecule has 1 heterocycles. The molecule has 0 fully saturated rings. The van der Waals surface area contributed by atoms with Crippen LogP contribution in [0.4, 0.5) is 0 Å². The molecule has 1 nitrogen and oxygen atoms in total. The molecule has 80 valence electrons. The number of nitrogens with zero attached hydrogens (tertiary/aromatic N) is 1. The fourth-order valence-electron chi connectivity index (χ4n) is 2.39. The molecule has 16 heavy (non-hydrogen) atoms. The van der Waals surface area contributed by atoms with E-state index in [1.54, 1.807) is 0 Å². The molecule has 0 bridgehead atoms. The van der Waals surface area contributed by atoms with Crippen molar-refractivity contribution < 1.29 is 0 Å². The molecule has 0 atom stereocenters. The molecule has 0 amide bonds. The highest BCUT2D eigenvalue weighted by Crippen LogP contribution is 2.32. The van der Waals surface area contributed by atoms with Crippen LogP contribution in [-0.2, 0) is 6.54 Å². The van der Waals surface area contributed by atoms with Crippen molar-refractivity contribution in [3.63, 3.8) is 0 Å². The molecule has 0 spiro atoms. The molecule has 3 aromatic rings. The fourth-order valence-corrected chi connectivity index (χ4v) is 2.67. The van der Waals surface area contributed by atoms with Crippen LogP contribution in [0.15, 0.2) is 42.5 Å². The van der Waals surface area contributed by atoms with Crippen LogP contribution < -0.4 is 0 Å². The first kappa shape index (κ1) is 9.73. The molecule has 2 aromatic carbocycles. The third-order valence-electron chi connectivity index (χ3n) is 3.06. The summed E-state index contributed by atoms with van der Waals surface area (Å²) in [6, 6.07) is 14.5. The van der Waals surface area contributed by atoms with E-state index in [1.807, 2.05) is 12.1 Å². The lowest BCUT2D eigenvalue weighted by Gasteiger charge is -2.03. The molecule has 0 saturated heterocycles. The minimum atomic E-state index is 0.829. The van der Waals surface area contributed by atoms with Gasteiger partial charge in [-0.15, -0.1) is 0 Å². The highest BCUT2D eigenvalue weighted by atomic mass is 35.5. The van der Waals surface area contributed by atoms with E-state index in [1.165, 1.54) is 16.3 Å². The summed E-state index contributed by atoms with van der Waals surface area (Å²) in [6.45, 7) is 3.09. The quantitative estimate of drug-likeness (QED) is 0.580. The van der Waals surface area contributed by atoms with Gasteiger partial charge in [0.1, 0.15) is 0 Å². The summed E-state index contributed by atoms with van der Waals surface area (Å²) >= 11 is 6.29. The Morgan fingerprint density at radius 2 is 1.75 bits per heavy atom. The smallest absolute Gasteiger partial charge is 0.0680 e. The van der Waals surface area contributed by atoms with E-state index in [4.69, 9.17) is 11.6 Å². The normalized spacial score (nSPS) is 11.4. The van der Waals surface area contributed by atoms with Gasteiger partial charge in [-0.05, 0) is 19.1 Å². The summed E-state index contributed by atoms with van der Waals surface area (Å²) < 4.78 is 2.27. The third kappa shape index (κ3) is 1.18. The standard InChI is InChI=1S/C14H12ClN/c1-2-16-13-9-4-3-6-10(13)11-7-5-8-12(15)14(11)16/h3-9H,2H2,1H3. The van der Waals surface area contributed by atoms with Crippen molar-refractivity contribution >= 4 is 33.4 Å². The van der Waals surface area contributed by atoms with Gasteiger partial charge >= 0.3 is 0 Å². The summed E-state index contributed by atoms with van der Waals surface area (Å²) in [6.07, 6.45) is 0. The van der Waals surface area contributed by atoms with Gasteiger partial charge in [0.15, 0.2) is 0 Å².